The van der Waals surface area contributed by atoms with Gasteiger partial charge in [0.2, 0.25) is 5.88 Å². The molecule has 2 aromatic carbocycles. The third-order valence-electron chi connectivity index (χ3n) is 3.97. The van der Waals surface area contributed by atoms with Crippen molar-refractivity contribution in [3.05, 3.63) is 84.1 Å². The van der Waals surface area contributed by atoms with Crippen LogP contribution in [0.15, 0.2) is 77.7 Å². The highest BCUT2D eigenvalue weighted by Crippen LogP contribution is 2.21. The average Bonchev–Trinajstić information content (AvgIpc) is 2.82. The minimum absolute atomic E-state index is 0.258. The van der Waals surface area contributed by atoms with E-state index in [0.29, 0.717) is 29.7 Å². The largest absolute Gasteiger partial charge is 0.492 e. The second-order valence-electron chi connectivity index (χ2n) is 6.21. The maximum atomic E-state index is 12.3. The van der Waals surface area contributed by atoms with Crippen molar-refractivity contribution in [2.45, 2.75) is 11.5 Å². The molecule has 1 aromatic heterocycles. The lowest BCUT2D eigenvalue weighted by molar-refractivity contribution is 0.0940. The molecule has 0 saturated heterocycles. The lowest BCUT2D eigenvalue weighted by Gasteiger charge is -2.09. The van der Waals surface area contributed by atoms with Crippen LogP contribution in [0.1, 0.15) is 16.1 Å². The Balaban J connectivity index is 1.42. The molecule has 160 valence electrons. The molecule has 31 heavy (non-hydrogen) atoms. The lowest BCUT2D eigenvalue weighted by atomic mass is 10.2. The fraction of sp³-hybridized carbons (Fsp3) is 0.136. The van der Waals surface area contributed by atoms with Gasteiger partial charge in [0.05, 0.1) is 6.54 Å². The molecule has 1 heterocycles. The third-order valence-corrected chi connectivity index (χ3v) is 4.75. The van der Waals surface area contributed by atoms with Crippen LogP contribution in [-0.2, 0) is 6.61 Å². The van der Waals surface area contributed by atoms with E-state index in [4.69, 9.17) is 14.7 Å². The number of aromatic nitrogens is 1. The van der Waals surface area contributed by atoms with Gasteiger partial charge in [-0.1, -0.05) is 36.4 Å². The van der Waals surface area contributed by atoms with Crippen molar-refractivity contribution in [1.82, 2.24) is 15.8 Å². The zero-order valence-electron chi connectivity index (χ0n) is 16.5. The molecule has 0 fully saturated rings. The first-order valence-electron chi connectivity index (χ1n) is 9.41. The van der Waals surface area contributed by atoms with Crippen LogP contribution < -0.4 is 20.3 Å². The molecule has 3 N–H and O–H groups in total. The number of ether oxygens (including phenoxy) is 2. The number of carbonyl (C=O) groups excluding carboxylic acids is 2. The molecule has 0 aliphatic carbocycles. The van der Waals surface area contributed by atoms with E-state index in [1.807, 2.05) is 30.3 Å². The van der Waals surface area contributed by atoms with Crippen LogP contribution in [0.2, 0.25) is 0 Å². The third kappa shape index (κ3) is 7.32. The summed E-state index contributed by atoms with van der Waals surface area (Å²) in [7, 11) is 0. The molecule has 3 aromatic rings. The molecular formula is C22H21N3O5S. The van der Waals surface area contributed by atoms with Crippen molar-refractivity contribution < 1.29 is 24.3 Å². The zero-order chi connectivity index (χ0) is 21.9. The number of thioether (sulfide) groups is 1. The number of pyridine rings is 1. The number of hydrogen-bond acceptors (Lipinski definition) is 7. The summed E-state index contributed by atoms with van der Waals surface area (Å²) in [6.45, 7) is 0.924. The van der Waals surface area contributed by atoms with E-state index >= 15 is 0 Å². The van der Waals surface area contributed by atoms with Gasteiger partial charge < -0.3 is 14.8 Å². The number of nitrogens with one attached hydrogen (secondary N) is 2. The molecule has 3 rings (SSSR count). The summed E-state index contributed by atoms with van der Waals surface area (Å²) >= 11 is 0.856. The summed E-state index contributed by atoms with van der Waals surface area (Å²) in [4.78, 5) is 28.3. The number of benzene rings is 2. The highest BCUT2D eigenvalue weighted by atomic mass is 32.2. The van der Waals surface area contributed by atoms with Gasteiger partial charge in [-0.3, -0.25) is 14.8 Å². The van der Waals surface area contributed by atoms with Gasteiger partial charge in [0.15, 0.2) is 0 Å². The van der Waals surface area contributed by atoms with Gasteiger partial charge in [-0.25, -0.2) is 10.5 Å². The Kier molecular flexibility index (Phi) is 8.27. The van der Waals surface area contributed by atoms with E-state index in [2.05, 4.69) is 10.3 Å². The van der Waals surface area contributed by atoms with Gasteiger partial charge in [0, 0.05) is 11.0 Å². The Morgan fingerprint density at radius 1 is 0.935 bits per heavy atom. The van der Waals surface area contributed by atoms with Gasteiger partial charge in [0.25, 0.3) is 5.91 Å². The maximum Gasteiger partial charge on any atom is 0.307 e. The van der Waals surface area contributed by atoms with Crippen LogP contribution in [0.5, 0.6) is 11.6 Å². The summed E-state index contributed by atoms with van der Waals surface area (Å²) in [5.41, 5.74) is 2.82. The van der Waals surface area contributed by atoms with Crippen LogP contribution in [0.4, 0.5) is 4.79 Å². The number of carbonyl (C=O) groups is 2. The molecule has 9 heteroatoms. The molecule has 0 aliphatic heterocycles. The minimum atomic E-state index is -0.570. The van der Waals surface area contributed by atoms with Gasteiger partial charge >= 0.3 is 5.24 Å². The Morgan fingerprint density at radius 3 is 2.45 bits per heavy atom. The molecule has 2 amide bonds. The van der Waals surface area contributed by atoms with Crippen LogP contribution in [0.3, 0.4) is 0 Å². The molecule has 0 radical (unpaired) electrons. The first kappa shape index (κ1) is 22.1. The molecule has 0 unspecified atom stereocenters. The predicted molar refractivity (Wildman–Crippen MR) is 115 cm³/mol. The second-order valence-corrected chi connectivity index (χ2v) is 7.26. The van der Waals surface area contributed by atoms with Crippen LogP contribution in [-0.4, -0.2) is 34.5 Å². The topological polar surface area (TPSA) is 110 Å². The van der Waals surface area contributed by atoms with Crippen molar-refractivity contribution in [2.24, 2.45) is 0 Å². The Labute approximate surface area is 183 Å². The lowest BCUT2D eigenvalue weighted by Crippen LogP contribution is -2.28. The van der Waals surface area contributed by atoms with E-state index in [0.717, 1.165) is 17.3 Å². The van der Waals surface area contributed by atoms with Crippen molar-refractivity contribution in [3.8, 4) is 11.6 Å². The van der Waals surface area contributed by atoms with E-state index in [-0.39, 0.29) is 18.2 Å². The second kappa shape index (κ2) is 11.6. The van der Waals surface area contributed by atoms with Crippen LogP contribution in [0, 0.1) is 0 Å². The SMILES string of the molecule is O=C(NO)Sc1ccc(OCCNC(=O)c2cccc(OCc3ccccc3)n2)cc1. The Hall–Kier alpha value is -3.56. The summed E-state index contributed by atoms with van der Waals surface area (Å²) in [6, 6.07) is 21.5. The van der Waals surface area contributed by atoms with Crippen molar-refractivity contribution >= 4 is 22.9 Å². The van der Waals surface area contributed by atoms with Crippen LogP contribution >= 0.6 is 11.8 Å². The van der Waals surface area contributed by atoms with E-state index < -0.39 is 5.24 Å². The molecular weight excluding hydrogens is 418 g/mol. The number of hydroxylamine groups is 1. The predicted octanol–water partition coefficient (Wildman–Crippen LogP) is 3.66. The van der Waals surface area contributed by atoms with Crippen molar-refractivity contribution in [2.75, 3.05) is 13.2 Å². The molecule has 0 bridgehead atoms. The van der Waals surface area contributed by atoms with E-state index in [9.17, 15) is 9.59 Å². The minimum Gasteiger partial charge on any atom is -0.492 e. The number of amides is 2. The summed E-state index contributed by atoms with van der Waals surface area (Å²) in [5, 5.41) is 10.7. The average molecular weight is 439 g/mol. The molecule has 0 spiro atoms. The summed E-state index contributed by atoms with van der Waals surface area (Å²) in [5.74, 6) is 0.647. The molecule has 8 nitrogen and oxygen atoms in total. The van der Waals surface area contributed by atoms with Gasteiger partial charge in [0.1, 0.15) is 24.7 Å². The van der Waals surface area contributed by atoms with Crippen molar-refractivity contribution in [3.63, 3.8) is 0 Å². The van der Waals surface area contributed by atoms with E-state index in [1.54, 1.807) is 47.9 Å². The fourth-order valence-electron chi connectivity index (χ4n) is 2.51. The molecule has 0 aliphatic rings. The van der Waals surface area contributed by atoms with Gasteiger partial charge in [-0.2, -0.15) is 0 Å². The summed E-state index contributed by atoms with van der Waals surface area (Å²) in [6.07, 6.45) is 0. The van der Waals surface area contributed by atoms with Gasteiger partial charge in [-0.15, -0.1) is 0 Å². The summed E-state index contributed by atoms with van der Waals surface area (Å²) < 4.78 is 11.2. The Bertz CT molecular complexity index is 1000. The first-order valence-corrected chi connectivity index (χ1v) is 10.2. The van der Waals surface area contributed by atoms with Crippen LogP contribution in [0.25, 0.3) is 0 Å². The zero-order valence-corrected chi connectivity index (χ0v) is 17.3. The Morgan fingerprint density at radius 2 is 1.71 bits per heavy atom. The first-order chi connectivity index (χ1) is 15.1. The number of hydrogen-bond donors (Lipinski definition) is 3. The molecule has 0 atom stereocenters. The fourth-order valence-corrected chi connectivity index (χ4v) is 3.04. The van der Waals surface area contributed by atoms with E-state index in [1.165, 1.54) is 0 Å². The quantitative estimate of drug-likeness (QED) is 0.202. The number of nitrogens with zero attached hydrogens (tertiary/aromatic N) is 1. The maximum absolute atomic E-state index is 12.3. The number of rotatable bonds is 9. The normalized spacial score (nSPS) is 10.2. The van der Waals surface area contributed by atoms with Crippen molar-refractivity contribution in [1.29, 1.82) is 0 Å². The highest BCUT2D eigenvalue weighted by molar-refractivity contribution is 8.13. The monoisotopic (exact) mass is 439 g/mol. The van der Waals surface area contributed by atoms with Gasteiger partial charge in [-0.05, 0) is 47.7 Å². The highest BCUT2D eigenvalue weighted by Gasteiger charge is 2.09. The standard InChI is InChI=1S/C22H21N3O5S/c26-21(19-7-4-8-20(24-19)30-15-16-5-2-1-3-6-16)23-13-14-29-17-9-11-18(12-10-17)31-22(27)25-28/h1-12,28H,13-15H2,(H,23,26)(H,25,27). The smallest absolute Gasteiger partial charge is 0.307 e. The molecule has 0 saturated carbocycles.